The summed E-state index contributed by atoms with van der Waals surface area (Å²) >= 11 is 0. The van der Waals surface area contributed by atoms with Crippen molar-refractivity contribution in [3.05, 3.63) is 28.2 Å². The van der Waals surface area contributed by atoms with Gasteiger partial charge in [-0.05, 0) is 38.8 Å². The van der Waals surface area contributed by atoms with Gasteiger partial charge in [0.1, 0.15) is 17.2 Å². The van der Waals surface area contributed by atoms with Crippen LogP contribution in [0.4, 0.5) is 5.82 Å². The Balaban J connectivity index is 1.32. The topological polar surface area (TPSA) is 107 Å². The summed E-state index contributed by atoms with van der Waals surface area (Å²) in [6, 6.07) is 4.16. The van der Waals surface area contributed by atoms with E-state index in [0.29, 0.717) is 48.1 Å². The van der Waals surface area contributed by atoms with E-state index in [1.54, 1.807) is 0 Å². The number of anilines is 1. The van der Waals surface area contributed by atoms with Crippen LogP contribution in [0, 0.1) is 6.92 Å². The molecule has 10 heteroatoms. The summed E-state index contributed by atoms with van der Waals surface area (Å²) in [5.74, 6) is 1.31. The fraction of sp³-hybridized carbons (Fsp3) is 0.615. The first-order valence-electron chi connectivity index (χ1n) is 13.2. The van der Waals surface area contributed by atoms with Gasteiger partial charge in [-0.3, -0.25) is 9.48 Å². The van der Waals surface area contributed by atoms with Gasteiger partial charge in [0.15, 0.2) is 11.3 Å². The van der Waals surface area contributed by atoms with Crippen LogP contribution in [-0.4, -0.2) is 63.4 Å². The predicted molar refractivity (Wildman–Crippen MR) is 135 cm³/mol. The van der Waals surface area contributed by atoms with E-state index in [-0.39, 0.29) is 11.6 Å². The van der Waals surface area contributed by atoms with E-state index in [4.69, 9.17) is 29.3 Å². The Labute approximate surface area is 210 Å². The zero-order chi connectivity index (χ0) is 24.7. The molecule has 192 valence electrons. The first-order chi connectivity index (χ1) is 17.6. The highest BCUT2D eigenvalue weighted by atomic mass is 16.7. The predicted octanol–water partition coefficient (Wildman–Crippen LogP) is 3.74. The maximum absolute atomic E-state index is 13.3. The molecule has 0 amide bonds. The molecule has 10 nitrogen and oxygen atoms in total. The molecule has 3 fully saturated rings. The Hall–Kier alpha value is -2.98. The maximum Gasteiger partial charge on any atom is 0.277 e. The molecule has 1 saturated carbocycles. The molecule has 1 N–H and O–H groups in total. The Bertz CT molecular complexity index is 1300. The van der Waals surface area contributed by atoms with Crippen molar-refractivity contribution in [2.45, 2.75) is 70.6 Å². The molecule has 0 radical (unpaired) electrons. The molecule has 0 unspecified atom stereocenters. The summed E-state index contributed by atoms with van der Waals surface area (Å²) < 4.78 is 19.6. The molecule has 5 heterocycles. The van der Waals surface area contributed by atoms with Gasteiger partial charge in [-0.15, -0.1) is 0 Å². The fourth-order valence-electron chi connectivity index (χ4n) is 5.80. The molecule has 2 aliphatic heterocycles. The average Bonchev–Trinajstić information content (AvgIpc) is 3.50. The summed E-state index contributed by atoms with van der Waals surface area (Å²) in [4.78, 5) is 28.2. The quantitative estimate of drug-likeness (QED) is 0.572. The molecule has 3 aromatic rings. The molecule has 3 aliphatic rings. The molecule has 36 heavy (non-hydrogen) atoms. The minimum absolute atomic E-state index is 0.175. The van der Waals surface area contributed by atoms with E-state index in [0.717, 1.165) is 50.3 Å². The number of nitrogens with one attached hydrogen (secondary N) is 1. The second-order valence-electron chi connectivity index (χ2n) is 9.98. The molecule has 2 saturated heterocycles. The summed E-state index contributed by atoms with van der Waals surface area (Å²) in [5, 5.41) is 4.73. The number of nitrogens with zero attached hydrogens (tertiary/aromatic N) is 5. The van der Waals surface area contributed by atoms with E-state index >= 15 is 0 Å². The van der Waals surface area contributed by atoms with E-state index in [1.807, 2.05) is 30.7 Å². The van der Waals surface area contributed by atoms with Crippen molar-refractivity contribution in [1.82, 2.24) is 24.7 Å². The second kappa shape index (κ2) is 9.48. The van der Waals surface area contributed by atoms with Gasteiger partial charge in [0.05, 0.1) is 37.1 Å². The third-order valence-electron chi connectivity index (χ3n) is 7.69. The number of hydrogen-bond acceptors (Lipinski definition) is 8. The van der Waals surface area contributed by atoms with Gasteiger partial charge < -0.3 is 24.1 Å². The lowest BCUT2D eigenvalue weighted by atomic mass is 9.95. The van der Waals surface area contributed by atoms with Gasteiger partial charge in [0.25, 0.3) is 5.56 Å². The van der Waals surface area contributed by atoms with Gasteiger partial charge in [0.2, 0.25) is 5.88 Å². The standard InChI is InChI=1S/C26H34N6O4/c1-3-34-25-19(9-10-20(27-25)31-13-11-26(12-14-31)35-15-16-36-26)23-28-21-17(2)30-32(22(21)24(33)29-23)18-7-5-4-6-8-18/h9-10,18H,3-8,11-16H2,1-2H3,(H,28,29,33). The molecule has 3 aromatic heterocycles. The third kappa shape index (κ3) is 4.16. The van der Waals surface area contributed by atoms with Crippen molar-refractivity contribution in [1.29, 1.82) is 0 Å². The normalized spacial score (nSPS) is 20.4. The van der Waals surface area contributed by atoms with Gasteiger partial charge in [-0.1, -0.05) is 19.3 Å². The first-order valence-corrected chi connectivity index (χ1v) is 13.2. The number of hydrogen-bond donors (Lipinski definition) is 1. The fourth-order valence-corrected chi connectivity index (χ4v) is 5.80. The van der Waals surface area contributed by atoms with Crippen molar-refractivity contribution >= 4 is 16.9 Å². The summed E-state index contributed by atoms with van der Waals surface area (Å²) in [6.45, 7) is 7.21. The lowest BCUT2D eigenvalue weighted by Crippen LogP contribution is -2.45. The number of aromatic amines is 1. The molecule has 0 bridgehead atoms. The van der Waals surface area contributed by atoms with Crippen molar-refractivity contribution < 1.29 is 14.2 Å². The Morgan fingerprint density at radius 2 is 1.86 bits per heavy atom. The van der Waals surface area contributed by atoms with Gasteiger partial charge in [-0.25, -0.2) is 4.98 Å². The van der Waals surface area contributed by atoms with Crippen LogP contribution in [0.1, 0.15) is 63.6 Å². The van der Waals surface area contributed by atoms with Crippen LogP contribution in [0.2, 0.25) is 0 Å². The minimum Gasteiger partial charge on any atom is -0.477 e. The number of aromatic nitrogens is 5. The SMILES string of the molecule is CCOc1nc(N2CCC3(CC2)OCCO3)ccc1-c1nc2c(C)nn(C3CCCCC3)c2c(=O)[nH]1. The highest BCUT2D eigenvalue weighted by Gasteiger charge is 2.40. The van der Waals surface area contributed by atoms with E-state index in [9.17, 15) is 4.79 Å². The number of H-pyrrole nitrogens is 1. The van der Waals surface area contributed by atoms with Crippen LogP contribution in [0.5, 0.6) is 5.88 Å². The Kier molecular flexibility index (Phi) is 6.17. The third-order valence-corrected chi connectivity index (χ3v) is 7.69. The summed E-state index contributed by atoms with van der Waals surface area (Å²) in [6.07, 6.45) is 7.29. The molecule has 0 aromatic carbocycles. The zero-order valence-electron chi connectivity index (χ0n) is 21.1. The van der Waals surface area contributed by atoms with E-state index in [1.165, 1.54) is 19.3 Å². The molecule has 0 atom stereocenters. The highest BCUT2D eigenvalue weighted by molar-refractivity contribution is 5.79. The lowest BCUT2D eigenvalue weighted by Gasteiger charge is -2.38. The van der Waals surface area contributed by atoms with Crippen molar-refractivity contribution in [2.75, 3.05) is 37.8 Å². The maximum atomic E-state index is 13.3. The first kappa shape index (κ1) is 23.4. The van der Waals surface area contributed by atoms with Crippen LogP contribution < -0.4 is 15.2 Å². The Morgan fingerprint density at radius 1 is 1.11 bits per heavy atom. The monoisotopic (exact) mass is 494 g/mol. The molecule has 6 rings (SSSR count). The number of rotatable bonds is 5. The summed E-state index contributed by atoms with van der Waals surface area (Å²) in [5.41, 5.74) is 2.46. The van der Waals surface area contributed by atoms with Gasteiger partial charge in [0, 0.05) is 25.9 Å². The van der Waals surface area contributed by atoms with Crippen LogP contribution in [0.3, 0.4) is 0 Å². The molecular weight excluding hydrogens is 460 g/mol. The number of fused-ring (bicyclic) bond motifs is 1. The molecule has 1 aliphatic carbocycles. The van der Waals surface area contributed by atoms with Crippen LogP contribution in [0.15, 0.2) is 16.9 Å². The molecular formula is C26H34N6O4. The van der Waals surface area contributed by atoms with E-state index < -0.39 is 5.79 Å². The van der Waals surface area contributed by atoms with Crippen LogP contribution >= 0.6 is 0 Å². The largest absolute Gasteiger partial charge is 0.477 e. The van der Waals surface area contributed by atoms with Crippen molar-refractivity contribution in [2.24, 2.45) is 0 Å². The van der Waals surface area contributed by atoms with Crippen molar-refractivity contribution in [3.8, 4) is 17.3 Å². The lowest BCUT2D eigenvalue weighted by molar-refractivity contribution is -0.169. The minimum atomic E-state index is -0.433. The van der Waals surface area contributed by atoms with Gasteiger partial charge in [-0.2, -0.15) is 10.1 Å². The van der Waals surface area contributed by atoms with Crippen LogP contribution in [-0.2, 0) is 9.47 Å². The Morgan fingerprint density at radius 3 is 2.58 bits per heavy atom. The summed E-state index contributed by atoms with van der Waals surface area (Å²) in [7, 11) is 0. The number of ether oxygens (including phenoxy) is 3. The number of aryl methyl sites for hydroxylation is 1. The second-order valence-corrected chi connectivity index (χ2v) is 9.98. The average molecular weight is 495 g/mol. The van der Waals surface area contributed by atoms with Crippen molar-refractivity contribution in [3.63, 3.8) is 0 Å². The van der Waals surface area contributed by atoms with E-state index in [2.05, 4.69) is 9.88 Å². The highest BCUT2D eigenvalue weighted by Crippen LogP contribution is 2.35. The van der Waals surface area contributed by atoms with Gasteiger partial charge >= 0.3 is 0 Å². The van der Waals surface area contributed by atoms with Crippen LogP contribution in [0.25, 0.3) is 22.4 Å². The number of pyridine rings is 1. The molecule has 1 spiro atoms. The zero-order valence-corrected chi connectivity index (χ0v) is 21.1. The smallest absolute Gasteiger partial charge is 0.277 e. The number of piperidine rings is 1.